The first-order chi connectivity index (χ1) is 9.95. The standard InChI is InChI=1S/C14H16ClN3O2S/c1-8(2)11-6-14(20-18-11)17-13(19)7-21-12-4-3-9(16)5-10(12)15/h3-6,8H,7,16H2,1-2H3,(H,17,19). The topological polar surface area (TPSA) is 81.2 Å². The number of nitrogens with zero attached hydrogens (tertiary/aromatic N) is 1. The van der Waals surface area contributed by atoms with Crippen molar-refractivity contribution in [1.29, 1.82) is 0 Å². The summed E-state index contributed by atoms with van der Waals surface area (Å²) in [6.45, 7) is 4.00. The number of carbonyl (C=O) groups excluding carboxylic acids is 1. The van der Waals surface area contributed by atoms with Gasteiger partial charge >= 0.3 is 0 Å². The van der Waals surface area contributed by atoms with Gasteiger partial charge in [0.05, 0.1) is 16.5 Å². The Labute approximate surface area is 132 Å². The van der Waals surface area contributed by atoms with E-state index < -0.39 is 0 Å². The van der Waals surface area contributed by atoms with Gasteiger partial charge < -0.3 is 10.3 Å². The van der Waals surface area contributed by atoms with Gasteiger partial charge in [-0.2, -0.15) is 0 Å². The molecule has 2 rings (SSSR count). The number of nitrogens with one attached hydrogen (secondary N) is 1. The molecule has 1 aromatic carbocycles. The number of nitrogen functional groups attached to an aromatic ring is 1. The second-order valence-corrected chi connectivity index (χ2v) is 6.22. The molecule has 0 aliphatic rings. The third-order valence-corrected chi connectivity index (χ3v) is 4.20. The van der Waals surface area contributed by atoms with Gasteiger partial charge in [-0.25, -0.2) is 0 Å². The summed E-state index contributed by atoms with van der Waals surface area (Å²) < 4.78 is 5.05. The van der Waals surface area contributed by atoms with Crippen molar-refractivity contribution in [3.05, 3.63) is 35.0 Å². The number of carbonyl (C=O) groups is 1. The maximum atomic E-state index is 11.9. The third-order valence-electron chi connectivity index (χ3n) is 2.70. The highest BCUT2D eigenvalue weighted by atomic mass is 35.5. The average molecular weight is 326 g/mol. The fourth-order valence-electron chi connectivity index (χ4n) is 1.57. The first-order valence-corrected chi connectivity index (χ1v) is 7.76. The minimum atomic E-state index is -0.181. The van der Waals surface area contributed by atoms with Crippen molar-refractivity contribution in [1.82, 2.24) is 5.16 Å². The number of aromatic nitrogens is 1. The van der Waals surface area contributed by atoms with Gasteiger partial charge in [0.2, 0.25) is 11.8 Å². The number of amides is 1. The summed E-state index contributed by atoms with van der Waals surface area (Å²) in [4.78, 5) is 12.7. The first kappa shape index (κ1) is 15.7. The SMILES string of the molecule is CC(C)c1cc(NC(=O)CSc2ccc(N)cc2Cl)on1. The van der Waals surface area contributed by atoms with E-state index in [4.69, 9.17) is 21.9 Å². The van der Waals surface area contributed by atoms with Crippen LogP contribution in [-0.4, -0.2) is 16.8 Å². The van der Waals surface area contributed by atoms with Crippen LogP contribution in [0.2, 0.25) is 5.02 Å². The normalized spacial score (nSPS) is 10.9. The molecule has 0 unspecified atom stereocenters. The lowest BCUT2D eigenvalue weighted by Gasteiger charge is -2.04. The third kappa shape index (κ3) is 4.41. The number of thioether (sulfide) groups is 1. The molecule has 0 fully saturated rings. The number of benzene rings is 1. The highest BCUT2D eigenvalue weighted by Crippen LogP contribution is 2.29. The predicted molar refractivity (Wildman–Crippen MR) is 85.8 cm³/mol. The fourth-order valence-corrected chi connectivity index (χ4v) is 2.64. The molecule has 7 heteroatoms. The summed E-state index contributed by atoms with van der Waals surface area (Å²) in [7, 11) is 0. The lowest BCUT2D eigenvalue weighted by Crippen LogP contribution is -2.13. The largest absolute Gasteiger partial charge is 0.399 e. The summed E-state index contributed by atoms with van der Waals surface area (Å²) in [5.74, 6) is 0.649. The Morgan fingerprint density at radius 2 is 2.24 bits per heavy atom. The van der Waals surface area contributed by atoms with Crippen LogP contribution in [0.3, 0.4) is 0 Å². The van der Waals surface area contributed by atoms with Crippen LogP contribution < -0.4 is 11.1 Å². The molecule has 0 aliphatic carbocycles. The zero-order chi connectivity index (χ0) is 15.4. The minimum absolute atomic E-state index is 0.181. The van der Waals surface area contributed by atoms with Gasteiger partial charge in [0.1, 0.15) is 0 Å². The molecule has 1 aromatic heterocycles. The average Bonchev–Trinajstić information content (AvgIpc) is 2.86. The van der Waals surface area contributed by atoms with Crippen LogP contribution in [0.15, 0.2) is 33.7 Å². The van der Waals surface area contributed by atoms with Crippen molar-refractivity contribution in [2.24, 2.45) is 0 Å². The number of anilines is 2. The molecule has 0 radical (unpaired) electrons. The molecule has 5 nitrogen and oxygen atoms in total. The number of hydrogen-bond donors (Lipinski definition) is 2. The molecule has 21 heavy (non-hydrogen) atoms. The monoisotopic (exact) mass is 325 g/mol. The summed E-state index contributed by atoms with van der Waals surface area (Å²) in [6.07, 6.45) is 0. The van der Waals surface area contributed by atoms with Crippen LogP contribution in [0.4, 0.5) is 11.6 Å². The molecule has 0 spiro atoms. The van der Waals surface area contributed by atoms with E-state index in [9.17, 15) is 4.79 Å². The van der Waals surface area contributed by atoms with Crippen LogP contribution in [0.5, 0.6) is 0 Å². The molecule has 0 saturated carbocycles. The van der Waals surface area contributed by atoms with Crippen LogP contribution in [0.25, 0.3) is 0 Å². The van der Waals surface area contributed by atoms with E-state index in [0.717, 1.165) is 10.6 Å². The van der Waals surface area contributed by atoms with Crippen molar-refractivity contribution in [2.75, 3.05) is 16.8 Å². The van der Waals surface area contributed by atoms with Crippen molar-refractivity contribution in [3.63, 3.8) is 0 Å². The van der Waals surface area contributed by atoms with Crippen molar-refractivity contribution in [2.45, 2.75) is 24.7 Å². The molecule has 112 valence electrons. The molecule has 0 bridgehead atoms. The van der Waals surface area contributed by atoms with E-state index in [0.29, 0.717) is 16.6 Å². The Kier molecular flexibility index (Phi) is 5.14. The number of halogens is 1. The quantitative estimate of drug-likeness (QED) is 0.646. The second-order valence-electron chi connectivity index (χ2n) is 4.80. The molecular formula is C14H16ClN3O2S. The Bertz CT molecular complexity index is 643. The molecule has 2 aromatic rings. The van der Waals surface area contributed by atoms with Gasteiger partial charge in [-0.15, -0.1) is 11.8 Å². The van der Waals surface area contributed by atoms with Gasteiger partial charge in [-0.3, -0.25) is 10.1 Å². The predicted octanol–water partition coefficient (Wildman–Crippen LogP) is 3.76. The molecule has 0 aliphatic heterocycles. The molecule has 3 N–H and O–H groups in total. The number of nitrogens with two attached hydrogens (primary N) is 1. The van der Waals surface area contributed by atoms with Crippen molar-refractivity contribution < 1.29 is 9.32 Å². The zero-order valence-electron chi connectivity index (χ0n) is 11.7. The summed E-state index contributed by atoms with van der Waals surface area (Å²) in [5, 5.41) is 7.08. The maximum Gasteiger partial charge on any atom is 0.237 e. The van der Waals surface area contributed by atoms with E-state index in [1.807, 2.05) is 13.8 Å². The summed E-state index contributed by atoms with van der Waals surface area (Å²) >= 11 is 7.38. The van der Waals surface area contributed by atoms with Gasteiger partial charge in [0, 0.05) is 16.6 Å². The van der Waals surface area contributed by atoms with E-state index in [1.54, 1.807) is 24.3 Å². The number of hydrogen-bond acceptors (Lipinski definition) is 5. The van der Waals surface area contributed by atoms with Gasteiger partial charge in [-0.1, -0.05) is 30.6 Å². The first-order valence-electron chi connectivity index (χ1n) is 6.40. The maximum absolute atomic E-state index is 11.9. The van der Waals surface area contributed by atoms with Gasteiger partial charge in [0.25, 0.3) is 0 Å². The fraction of sp³-hybridized carbons (Fsp3) is 0.286. The lowest BCUT2D eigenvalue weighted by molar-refractivity contribution is -0.113. The van der Waals surface area contributed by atoms with Gasteiger partial charge in [0.15, 0.2) is 0 Å². The summed E-state index contributed by atoms with van der Waals surface area (Å²) in [5.41, 5.74) is 7.02. The zero-order valence-corrected chi connectivity index (χ0v) is 13.3. The molecule has 1 heterocycles. The number of rotatable bonds is 5. The van der Waals surface area contributed by atoms with Crippen LogP contribution >= 0.6 is 23.4 Å². The Morgan fingerprint density at radius 1 is 1.48 bits per heavy atom. The lowest BCUT2D eigenvalue weighted by atomic mass is 10.1. The van der Waals surface area contributed by atoms with E-state index >= 15 is 0 Å². The van der Waals surface area contributed by atoms with E-state index in [1.165, 1.54) is 11.8 Å². The second kappa shape index (κ2) is 6.87. The van der Waals surface area contributed by atoms with Crippen LogP contribution in [0.1, 0.15) is 25.5 Å². The van der Waals surface area contributed by atoms with E-state index in [2.05, 4.69) is 10.5 Å². The Morgan fingerprint density at radius 3 is 2.86 bits per heavy atom. The molecular weight excluding hydrogens is 310 g/mol. The Balaban J connectivity index is 1.89. The molecule has 0 atom stereocenters. The van der Waals surface area contributed by atoms with Crippen molar-refractivity contribution in [3.8, 4) is 0 Å². The van der Waals surface area contributed by atoms with E-state index in [-0.39, 0.29) is 17.6 Å². The van der Waals surface area contributed by atoms with Crippen LogP contribution in [-0.2, 0) is 4.79 Å². The minimum Gasteiger partial charge on any atom is -0.399 e. The Hall–Kier alpha value is -1.66. The molecule has 0 saturated heterocycles. The van der Waals surface area contributed by atoms with Gasteiger partial charge in [-0.05, 0) is 24.1 Å². The molecule has 1 amide bonds. The highest BCUT2D eigenvalue weighted by Gasteiger charge is 2.11. The summed E-state index contributed by atoms with van der Waals surface area (Å²) in [6, 6.07) is 6.93. The smallest absolute Gasteiger partial charge is 0.237 e. The van der Waals surface area contributed by atoms with Crippen LogP contribution in [0, 0.1) is 0 Å². The highest BCUT2D eigenvalue weighted by molar-refractivity contribution is 8.00. The van der Waals surface area contributed by atoms with Crippen molar-refractivity contribution >= 4 is 40.8 Å².